The van der Waals surface area contributed by atoms with Crippen molar-refractivity contribution >= 4 is 11.9 Å². The fourth-order valence-electron chi connectivity index (χ4n) is 4.39. The Bertz CT molecular complexity index is 722. The molecule has 0 amide bonds. The number of allylic oxidation sites excluding steroid dienone is 8. The molecule has 0 rings (SSSR count). The quantitative estimate of drug-likeness (QED) is 0.0513. The summed E-state index contributed by atoms with van der Waals surface area (Å²) < 4.78 is 10.2. The van der Waals surface area contributed by atoms with Gasteiger partial charge < -0.3 is 14.6 Å². The number of hydrogen-bond donors (Lipinski definition) is 1. The van der Waals surface area contributed by atoms with Gasteiger partial charge in [-0.1, -0.05) is 120 Å². The molecule has 0 bridgehead atoms. The van der Waals surface area contributed by atoms with Gasteiger partial charge in [0.05, 0.1) is 0 Å². The number of carbonyl (C=O) groups excluding carboxylic acids is 2. The summed E-state index contributed by atoms with van der Waals surface area (Å²) in [5.41, 5.74) is 0. The molecule has 0 aromatic carbocycles. The van der Waals surface area contributed by atoms with Crippen LogP contribution in [0.2, 0.25) is 0 Å². The van der Waals surface area contributed by atoms with Gasteiger partial charge in [0.15, 0.2) is 0 Å². The maximum atomic E-state index is 11.9. The second kappa shape index (κ2) is 33.4. The zero-order valence-electron chi connectivity index (χ0n) is 27.2. The van der Waals surface area contributed by atoms with Crippen molar-refractivity contribution < 1.29 is 24.2 Å². The Balaban J connectivity index is 3.55. The van der Waals surface area contributed by atoms with Gasteiger partial charge in [0.2, 0.25) is 0 Å². The smallest absolute Gasteiger partial charge is 0.305 e. The highest BCUT2D eigenvalue weighted by Gasteiger charge is 2.11. The third-order valence-corrected chi connectivity index (χ3v) is 7.04. The number of rotatable bonds is 30. The van der Waals surface area contributed by atoms with Crippen LogP contribution in [-0.4, -0.2) is 36.4 Å². The van der Waals surface area contributed by atoms with Gasteiger partial charge >= 0.3 is 11.9 Å². The fourth-order valence-corrected chi connectivity index (χ4v) is 4.39. The van der Waals surface area contributed by atoms with E-state index in [0.717, 1.165) is 64.2 Å². The molecule has 242 valence electrons. The van der Waals surface area contributed by atoms with Crippen LogP contribution in [0.4, 0.5) is 0 Å². The zero-order valence-corrected chi connectivity index (χ0v) is 27.2. The highest BCUT2D eigenvalue weighted by Crippen LogP contribution is 2.09. The second-order valence-electron chi connectivity index (χ2n) is 11.3. The predicted molar refractivity (Wildman–Crippen MR) is 177 cm³/mol. The molecule has 1 N–H and O–H groups in total. The molecule has 5 nitrogen and oxygen atoms in total. The maximum absolute atomic E-state index is 11.9. The highest BCUT2D eigenvalue weighted by molar-refractivity contribution is 5.69. The molecule has 0 unspecified atom stereocenters. The molecular formula is C37H64O5. The molecule has 5 heteroatoms. The first kappa shape index (κ1) is 39.9. The lowest BCUT2D eigenvalue weighted by atomic mass is 10.1. The first-order valence-corrected chi connectivity index (χ1v) is 17.2. The van der Waals surface area contributed by atoms with Crippen molar-refractivity contribution in [3.63, 3.8) is 0 Å². The third-order valence-electron chi connectivity index (χ3n) is 7.04. The summed E-state index contributed by atoms with van der Waals surface area (Å²) in [5.74, 6) is -0.632. The van der Waals surface area contributed by atoms with Crippen molar-refractivity contribution in [3.8, 4) is 0 Å². The molecule has 0 heterocycles. The van der Waals surface area contributed by atoms with Crippen LogP contribution in [0.3, 0.4) is 0 Å². The monoisotopic (exact) mass is 588 g/mol. The van der Waals surface area contributed by atoms with Crippen molar-refractivity contribution in [2.45, 2.75) is 161 Å². The lowest BCUT2D eigenvalue weighted by Crippen LogP contribution is -2.25. The van der Waals surface area contributed by atoms with Gasteiger partial charge in [-0.3, -0.25) is 9.59 Å². The summed E-state index contributed by atoms with van der Waals surface area (Å²) in [6.45, 7) is 4.19. The molecule has 42 heavy (non-hydrogen) atoms. The van der Waals surface area contributed by atoms with Gasteiger partial charge in [-0.2, -0.15) is 0 Å². The van der Waals surface area contributed by atoms with E-state index in [9.17, 15) is 14.7 Å². The average Bonchev–Trinajstić information content (AvgIpc) is 2.99. The summed E-state index contributed by atoms with van der Waals surface area (Å²) in [5, 5.41) is 9.95. The average molecular weight is 589 g/mol. The minimum absolute atomic E-state index is 0.137. The SMILES string of the molecule is CCCCC/C=C\C/C=C\C/C=C\CCCCCCC(=O)OC[C@H](O)COC(=O)CCC/C=C\CCCCCCCC. The van der Waals surface area contributed by atoms with Gasteiger partial charge in [-0.25, -0.2) is 0 Å². The van der Waals surface area contributed by atoms with Gasteiger partial charge in [0, 0.05) is 12.8 Å². The molecule has 1 atom stereocenters. The molecular weight excluding hydrogens is 524 g/mol. The van der Waals surface area contributed by atoms with Gasteiger partial charge in [0.25, 0.3) is 0 Å². The van der Waals surface area contributed by atoms with E-state index in [1.165, 1.54) is 64.2 Å². The van der Waals surface area contributed by atoms with E-state index in [1.807, 2.05) is 0 Å². The Morgan fingerprint density at radius 1 is 0.500 bits per heavy atom. The van der Waals surface area contributed by atoms with Crippen LogP contribution in [-0.2, 0) is 19.1 Å². The van der Waals surface area contributed by atoms with Crippen molar-refractivity contribution in [2.75, 3.05) is 13.2 Å². The number of aliphatic hydroxyl groups excluding tert-OH is 1. The topological polar surface area (TPSA) is 72.8 Å². The lowest BCUT2D eigenvalue weighted by molar-refractivity contribution is -0.152. The molecule has 0 aliphatic rings. The first-order chi connectivity index (χ1) is 20.6. The Kier molecular flexibility index (Phi) is 31.7. The van der Waals surface area contributed by atoms with Crippen LogP contribution < -0.4 is 0 Å². The molecule has 0 aliphatic carbocycles. The fraction of sp³-hybridized carbons (Fsp3) is 0.730. The number of ether oxygens (including phenoxy) is 2. The molecule has 0 fully saturated rings. The van der Waals surface area contributed by atoms with E-state index >= 15 is 0 Å². The van der Waals surface area contributed by atoms with Crippen molar-refractivity contribution in [1.29, 1.82) is 0 Å². The molecule has 0 aliphatic heterocycles. The maximum Gasteiger partial charge on any atom is 0.305 e. The summed E-state index contributed by atoms with van der Waals surface area (Å²) in [4.78, 5) is 23.8. The van der Waals surface area contributed by atoms with E-state index in [-0.39, 0.29) is 25.2 Å². The van der Waals surface area contributed by atoms with E-state index in [1.54, 1.807) is 0 Å². The van der Waals surface area contributed by atoms with Crippen LogP contribution in [0.15, 0.2) is 48.6 Å². The van der Waals surface area contributed by atoms with Crippen LogP contribution in [0.1, 0.15) is 155 Å². The number of carbonyl (C=O) groups is 2. The van der Waals surface area contributed by atoms with Crippen molar-refractivity contribution in [1.82, 2.24) is 0 Å². The highest BCUT2D eigenvalue weighted by atomic mass is 16.6. The van der Waals surface area contributed by atoms with Crippen LogP contribution in [0.5, 0.6) is 0 Å². The van der Waals surface area contributed by atoms with Gasteiger partial charge in [0.1, 0.15) is 19.3 Å². The van der Waals surface area contributed by atoms with E-state index < -0.39 is 6.10 Å². The summed E-state index contributed by atoms with van der Waals surface area (Å²) >= 11 is 0. The minimum Gasteiger partial charge on any atom is -0.463 e. The standard InChI is InChI=1S/C37H64O5/c1-3-5-7-9-11-13-15-16-17-18-19-20-22-24-26-28-30-32-37(40)42-34-35(38)33-41-36(39)31-29-27-25-23-21-14-12-10-8-6-4-2/h11,13,16-17,19-20,23,25,35,38H,3-10,12,14-15,18,21-22,24,26-34H2,1-2H3/b13-11-,17-16-,20-19-,25-23-/t35-/m1/s1. The largest absolute Gasteiger partial charge is 0.463 e. The Hall–Kier alpha value is -2.14. The Labute approximate surface area is 258 Å². The van der Waals surface area contributed by atoms with Crippen LogP contribution in [0, 0.1) is 0 Å². The number of esters is 2. The van der Waals surface area contributed by atoms with Gasteiger partial charge in [-0.05, 0) is 70.6 Å². The van der Waals surface area contributed by atoms with E-state index in [4.69, 9.17) is 9.47 Å². The number of hydrogen-bond acceptors (Lipinski definition) is 5. The van der Waals surface area contributed by atoms with Gasteiger partial charge in [-0.15, -0.1) is 0 Å². The molecule has 0 saturated heterocycles. The molecule has 0 saturated carbocycles. The number of unbranched alkanes of at least 4 members (excludes halogenated alkanes) is 14. The summed E-state index contributed by atoms with van der Waals surface area (Å²) in [7, 11) is 0. The zero-order chi connectivity index (χ0) is 30.8. The van der Waals surface area contributed by atoms with E-state index in [2.05, 4.69) is 62.5 Å². The summed E-state index contributed by atoms with van der Waals surface area (Å²) in [6, 6.07) is 0. The molecule has 0 radical (unpaired) electrons. The van der Waals surface area contributed by atoms with E-state index in [0.29, 0.717) is 12.8 Å². The predicted octanol–water partition coefficient (Wildman–Crippen LogP) is 10.3. The lowest BCUT2D eigenvalue weighted by Gasteiger charge is -2.12. The van der Waals surface area contributed by atoms with Crippen LogP contribution in [0.25, 0.3) is 0 Å². The summed E-state index contributed by atoms with van der Waals surface area (Å²) in [6.07, 6.45) is 40.2. The molecule has 0 spiro atoms. The number of aliphatic hydroxyl groups is 1. The van der Waals surface area contributed by atoms with Crippen molar-refractivity contribution in [2.24, 2.45) is 0 Å². The van der Waals surface area contributed by atoms with Crippen molar-refractivity contribution in [3.05, 3.63) is 48.6 Å². The Morgan fingerprint density at radius 3 is 1.40 bits per heavy atom. The molecule has 0 aromatic rings. The second-order valence-corrected chi connectivity index (χ2v) is 11.3. The first-order valence-electron chi connectivity index (χ1n) is 17.2. The third kappa shape index (κ3) is 32.4. The normalized spacial score (nSPS) is 12.7. The van der Waals surface area contributed by atoms with Crippen LogP contribution >= 0.6 is 0 Å². The molecule has 0 aromatic heterocycles. The minimum atomic E-state index is -0.983. The Morgan fingerprint density at radius 2 is 0.857 bits per heavy atom.